The van der Waals surface area contributed by atoms with Gasteiger partial charge >= 0.3 is 0 Å². The topological polar surface area (TPSA) is 46.4 Å². The number of fused-ring (bicyclic) bond motifs is 1. The highest BCUT2D eigenvalue weighted by Crippen LogP contribution is 2.33. The van der Waals surface area contributed by atoms with E-state index in [2.05, 4.69) is 24.1 Å². The van der Waals surface area contributed by atoms with Crippen LogP contribution in [0.4, 0.5) is 0 Å². The van der Waals surface area contributed by atoms with Crippen LogP contribution in [-0.2, 0) is 6.54 Å². The Morgan fingerprint density at radius 2 is 2.24 bits per heavy atom. The Bertz CT molecular complexity index is 679. The summed E-state index contributed by atoms with van der Waals surface area (Å²) in [5.74, 6) is 1.54. The van der Waals surface area contributed by atoms with E-state index in [0.717, 1.165) is 11.6 Å². The van der Waals surface area contributed by atoms with Crippen molar-refractivity contribution < 1.29 is 0 Å². The van der Waals surface area contributed by atoms with E-state index in [4.69, 9.17) is 0 Å². The summed E-state index contributed by atoms with van der Waals surface area (Å²) in [6, 6.07) is 7.81. The zero-order valence-electron chi connectivity index (χ0n) is 12.7. The molecule has 0 amide bonds. The highest BCUT2D eigenvalue weighted by Gasteiger charge is 2.30. The molecule has 112 valence electrons. The average molecular weight is 285 g/mol. The molecule has 2 aromatic heterocycles. The summed E-state index contributed by atoms with van der Waals surface area (Å²) in [6.45, 7) is 5.28. The van der Waals surface area contributed by atoms with Crippen LogP contribution in [0, 0.1) is 11.8 Å². The molecule has 2 heterocycles. The zero-order chi connectivity index (χ0) is 14.8. The Morgan fingerprint density at radius 3 is 3.00 bits per heavy atom. The normalized spacial score (nSPS) is 25.5. The molecule has 4 heteroatoms. The monoisotopic (exact) mass is 285 g/mol. The van der Waals surface area contributed by atoms with Crippen LogP contribution in [-0.4, -0.2) is 15.4 Å². The van der Waals surface area contributed by atoms with E-state index < -0.39 is 0 Å². The van der Waals surface area contributed by atoms with Crippen LogP contribution in [0.2, 0.25) is 0 Å². The Labute approximate surface area is 125 Å². The van der Waals surface area contributed by atoms with E-state index in [1.807, 2.05) is 18.2 Å². The molecule has 0 aromatic carbocycles. The standard InChI is InChI=1S/C17H23N3O/c1-3-13-7-8-15(12(13)2)18-11-14-10-17(21)20-9-5-4-6-16(20)19-14/h4-6,9-10,12-13,15,18H,3,7-8,11H2,1-2H3. The van der Waals surface area contributed by atoms with Crippen molar-refractivity contribution in [3.05, 3.63) is 46.5 Å². The lowest BCUT2D eigenvalue weighted by atomic mass is 9.93. The Balaban J connectivity index is 1.73. The van der Waals surface area contributed by atoms with E-state index in [0.29, 0.717) is 24.2 Å². The lowest BCUT2D eigenvalue weighted by Crippen LogP contribution is -2.33. The van der Waals surface area contributed by atoms with Crippen molar-refractivity contribution in [3.8, 4) is 0 Å². The minimum Gasteiger partial charge on any atom is -0.308 e. The summed E-state index contributed by atoms with van der Waals surface area (Å²) in [7, 11) is 0. The number of nitrogens with one attached hydrogen (secondary N) is 1. The van der Waals surface area contributed by atoms with E-state index >= 15 is 0 Å². The Hall–Kier alpha value is -1.68. The molecule has 1 saturated carbocycles. The van der Waals surface area contributed by atoms with Crippen molar-refractivity contribution in [2.45, 2.75) is 45.7 Å². The van der Waals surface area contributed by atoms with Crippen molar-refractivity contribution in [1.82, 2.24) is 14.7 Å². The van der Waals surface area contributed by atoms with Gasteiger partial charge in [0, 0.05) is 24.8 Å². The molecule has 21 heavy (non-hydrogen) atoms. The number of hydrogen-bond donors (Lipinski definition) is 1. The maximum Gasteiger partial charge on any atom is 0.258 e. The molecule has 1 aliphatic carbocycles. The molecular weight excluding hydrogens is 262 g/mol. The van der Waals surface area contributed by atoms with Crippen LogP contribution in [0.15, 0.2) is 35.3 Å². The molecule has 1 fully saturated rings. The van der Waals surface area contributed by atoms with Crippen LogP contribution in [0.25, 0.3) is 5.65 Å². The highest BCUT2D eigenvalue weighted by atomic mass is 16.1. The second-order valence-corrected chi connectivity index (χ2v) is 6.11. The van der Waals surface area contributed by atoms with Gasteiger partial charge in [0.2, 0.25) is 0 Å². The van der Waals surface area contributed by atoms with E-state index in [1.165, 1.54) is 19.3 Å². The Kier molecular flexibility index (Phi) is 4.06. The van der Waals surface area contributed by atoms with Gasteiger partial charge in [-0.05, 0) is 36.8 Å². The van der Waals surface area contributed by atoms with Gasteiger partial charge in [-0.2, -0.15) is 0 Å². The van der Waals surface area contributed by atoms with E-state index in [-0.39, 0.29) is 5.56 Å². The zero-order valence-corrected chi connectivity index (χ0v) is 12.7. The maximum absolute atomic E-state index is 12.1. The lowest BCUT2D eigenvalue weighted by molar-refractivity contribution is 0.343. The molecule has 0 saturated heterocycles. The molecule has 4 nitrogen and oxygen atoms in total. The van der Waals surface area contributed by atoms with Gasteiger partial charge in [0.1, 0.15) is 5.65 Å². The predicted molar refractivity (Wildman–Crippen MR) is 84.3 cm³/mol. The molecule has 3 atom stereocenters. The molecule has 0 aliphatic heterocycles. The Morgan fingerprint density at radius 1 is 1.38 bits per heavy atom. The minimum atomic E-state index is -0.0108. The van der Waals surface area contributed by atoms with Gasteiger partial charge in [-0.3, -0.25) is 9.20 Å². The maximum atomic E-state index is 12.1. The van der Waals surface area contributed by atoms with Crippen LogP contribution in [0.1, 0.15) is 38.8 Å². The summed E-state index contributed by atoms with van der Waals surface area (Å²) in [6.07, 6.45) is 5.55. The van der Waals surface area contributed by atoms with Gasteiger partial charge in [-0.25, -0.2) is 4.98 Å². The number of pyridine rings is 1. The first-order valence-corrected chi connectivity index (χ1v) is 7.89. The summed E-state index contributed by atoms with van der Waals surface area (Å²) in [4.78, 5) is 16.6. The van der Waals surface area contributed by atoms with Gasteiger partial charge in [0.25, 0.3) is 5.56 Å². The molecule has 0 radical (unpaired) electrons. The number of rotatable bonds is 4. The summed E-state index contributed by atoms with van der Waals surface area (Å²) >= 11 is 0. The molecule has 3 rings (SSSR count). The average Bonchev–Trinajstić information content (AvgIpc) is 2.85. The fourth-order valence-electron chi connectivity index (χ4n) is 3.54. The van der Waals surface area contributed by atoms with Crippen LogP contribution in [0.3, 0.4) is 0 Å². The van der Waals surface area contributed by atoms with Gasteiger partial charge in [0.05, 0.1) is 5.69 Å². The fraction of sp³-hybridized carbons (Fsp3) is 0.529. The van der Waals surface area contributed by atoms with Gasteiger partial charge < -0.3 is 5.32 Å². The third kappa shape index (κ3) is 2.86. The van der Waals surface area contributed by atoms with Crippen LogP contribution < -0.4 is 10.9 Å². The number of aromatic nitrogens is 2. The molecule has 0 bridgehead atoms. The second-order valence-electron chi connectivity index (χ2n) is 6.11. The van der Waals surface area contributed by atoms with Gasteiger partial charge in [0.15, 0.2) is 0 Å². The van der Waals surface area contributed by atoms with Crippen molar-refractivity contribution in [1.29, 1.82) is 0 Å². The number of nitrogens with zero attached hydrogens (tertiary/aromatic N) is 2. The summed E-state index contributed by atoms with van der Waals surface area (Å²) in [5, 5.41) is 3.59. The largest absolute Gasteiger partial charge is 0.308 e. The molecular formula is C17H23N3O. The first-order chi connectivity index (χ1) is 10.2. The van der Waals surface area contributed by atoms with Crippen molar-refractivity contribution in [2.24, 2.45) is 11.8 Å². The molecule has 0 spiro atoms. The lowest BCUT2D eigenvalue weighted by Gasteiger charge is -2.20. The summed E-state index contributed by atoms with van der Waals surface area (Å²) in [5.41, 5.74) is 1.54. The van der Waals surface area contributed by atoms with Crippen molar-refractivity contribution >= 4 is 5.65 Å². The SMILES string of the molecule is CCC1CCC(NCc2cc(=O)n3ccccc3n2)C1C. The quantitative estimate of drug-likeness (QED) is 0.939. The van der Waals surface area contributed by atoms with E-state index in [1.54, 1.807) is 16.7 Å². The van der Waals surface area contributed by atoms with Crippen molar-refractivity contribution in [2.75, 3.05) is 0 Å². The van der Waals surface area contributed by atoms with Crippen LogP contribution >= 0.6 is 0 Å². The van der Waals surface area contributed by atoms with Crippen LogP contribution in [0.5, 0.6) is 0 Å². The smallest absolute Gasteiger partial charge is 0.258 e. The number of hydrogen-bond acceptors (Lipinski definition) is 3. The van der Waals surface area contributed by atoms with Gasteiger partial charge in [-0.1, -0.05) is 26.3 Å². The third-order valence-corrected chi connectivity index (χ3v) is 4.92. The third-order valence-electron chi connectivity index (χ3n) is 4.92. The molecule has 2 aromatic rings. The summed E-state index contributed by atoms with van der Waals surface area (Å²) < 4.78 is 1.58. The highest BCUT2D eigenvalue weighted by molar-refractivity contribution is 5.37. The first kappa shape index (κ1) is 14.3. The molecule has 1 N–H and O–H groups in total. The van der Waals surface area contributed by atoms with E-state index in [9.17, 15) is 4.79 Å². The second kappa shape index (κ2) is 5.98. The molecule has 1 aliphatic rings. The molecule has 3 unspecified atom stereocenters. The van der Waals surface area contributed by atoms with Gasteiger partial charge in [-0.15, -0.1) is 0 Å². The minimum absolute atomic E-state index is 0.0108. The van der Waals surface area contributed by atoms with Crippen molar-refractivity contribution in [3.63, 3.8) is 0 Å². The predicted octanol–water partition coefficient (Wildman–Crippen LogP) is 2.61. The fourth-order valence-corrected chi connectivity index (χ4v) is 3.54. The first-order valence-electron chi connectivity index (χ1n) is 7.89.